The second-order valence-electron chi connectivity index (χ2n) is 6.37. The number of nitrogens with one attached hydrogen (secondary N) is 1. The normalized spacial score (nSPS) is 11.5. The number of thiophene rings is 1. The lowest BCUT2D eigenvalue weighted by molar-refractivity contribution is 0.0742. The van der Waals surface area contributed by atoms with Gasteiger partial charge in [-0.05, 0) is 60.3 Å². The first-order chi connectivity index (χ1) is 13.5. The molecule has 0 spiro atoms. The molecule has 1 N–H and O–H groups in total. The van der Waals surface area contributed by atoms with Gasteiger partial charge in [0.1, 0.15) is 5.75 Å². The average Bonchev–Trinajstić information content (AvgIpc) is 3.28. The number of carbonyl (C=O) groups is 2. The highest BCUT2D eigenvalue weighted by molar-refractivity contribution is 7.12. The van der Waals surface area contributed by atoms with Crippen molar-refractivity contribution >= 4 is 28.8 Å². The Morgan fingerprint density at radius 1 is 1.04 bits per heavy atom. The first-order valence-electron chi connectivity index (χ1n) is 8.85. The summed E-state index contributed by atoms with van der Waals surface area (Å²) in [6.07, 6.45) is 0. The van der Waals surface area contributed by atoms with Crippen LogP contribution in [0, 0.1) is 0 Å². The monoisotopic (exact) mass is 394 g/mol. The fourth-order valence-corrected chi connectivity index (χ4v) is 3.40. The van der Waals surface area contributed by atoms with E-state index in [1.807, 2.05) is 42.6 Å². The van der Waals surface area contributed by atoms with Crippen LogP contribution in [-0.4, -0.2) is 30.9 Å². The molecule has 0 aliphatic carbocycles. The molecule has 0 saturated carbocycles. The molecule has 1 unspecified atom stereocenters. The Bertz CT molecular complexity index is 935. The van der Waals surface area contributed by atoms with Crippen molar-refractivity contribution in [1.29, 1.82) is 0 Å². The Balaban J connectivity index is 1.66. The lowest BCUT2D eigenvalue weighted by Crippen LogP contribution is -2.29. The first-order valence-corrected chi connectivity index (χ1v) is 9.73. The van der Waals surface area contributed by atoms with Crippen molar-refractivity contribution in [3.8, 4) is 5.75 Å². The molecule has 28 heavy (non-hydrogen) atoms. The summed E-state index contributed by atoms with van der Waals surface area (Å²) in [5.41, 5.74) is 2.24. The third-order valence-corrected chi connectivity index (χ3v) is 5.50. The fraction of sp³-hybridized carbons (Fsp3) is 0.182. The Hall–Kier alpha value is -3.12. The third kappa shape index (κ3) is 4.40. The molecule has 1 atom stereocenters. The van der Waals surface area contributed by atoms with Gasteiger partial charge in [0.25, 0.3) is 11.8 Å². The minimum atomic E-state index is -0.153. The van der Waals surface area contributed by atoms with Gasteiger partial charge in [0.2, 0.25) is 0 Å². The summed E-state index contributed by atoms with van der Waals surface area (Å²) in [4.78, 5) is 27.3. The van der Waals surface area contributed by atoms with E-state index in [1.54, 1.807) is 49.4 Å². The van der Waals surface area contributed by atoms with Gasteiger partial charge in [-0.3, -0.25) is 9.59 Å². The third-order valence-electron chi connectivity index (χ3n) is 4.63. The molecule has 1 heterocycles. The van der Waals surface area contributed by atoms with E-state index in [0.29, 0.717) is 16.1 Å². The van der Waals surface area contributed by atoms with Gasteiger partial charge >= 0.3 is 0 Å². The molecule has 0 saturated heterocycles. The van der Waals surface area contributed by atoms with Gasteiger partial charge in [-0.15, -0.1) is 11.3 Å². The summed E-state index contributed by atoms with van der Waals surface area (Å²) >= 11 is 1.38. The number of rotatable bonds is 6. The zero-order valence-electron chi connectivity index (χ0n) is 16.0. The predicted molar refractivity (Wildman–Crippen MR) is 112 cm³/mol. The van der Waals surface area contributed by atoms with Crippen molar-refractivity contribution in [2.24, 2.45) is 0 Å². The number of amides is 2. The summed E-state index contributed by atoms with van der Waals surface area (Å²) in [7, 11) is 3.41. The van der Waals surface area contributed by atoms with Crippen LogP contribution < -0.4 is 10.1 Å². The number of methoxy groups -OCH3 is 1. The van der Waals surface area contributed by atoms with Crippen LogP contribution in [0.15, 0.2) is 66.0 Å². The highest BCUT2D eigenvalue weighted by Crippen LogP contribution is 2.23. The lowest BCUT2D eigenvalue weighted by Gasteiger charge is -2.25. The maximum Gasteiger partial charge on any atom is 0.265 e. The number of carbonyl (C=O) groups excluding carboxylic acids is 2. The topological polar surface area (TPSA) is 58.6 Å². The molecule has 3 rings (SSSR count). The number of anilines is 1. The molecule has 0 aliphatic rings. The summed E-state index contributed by atoms with van der Waals surface area (Å²) in [6, 6.07) is 18.1. The van der Waals surface area contributed by atoms with Crippen LogP contribution >= 0.6 is 11.3 Å². The maximum atomic E-state index is 12.8. The standard InChI is InChI=1S/C22H22N2O3S/c1-15(16-8-12-19(27-3)13-9-16)24(2)22(26)17-6-10-18(11-7-17)23-21(25)20-5-4-14-28-20/h4-15H,1-3H3,(H,23,25). The van der Waals surface area contributed by atoms with E-state index < -0.39 is 0 Å². The summed E-state index contributed by atoms with van der Waals surface area (Å²) in [5.74, 6) is 0.545. The number of ether oxygens (including phenoxy) is 1. The van der Waals surface area contributed by atoms with Gasteiger partial charge in [0.15, 0.2) is 0 Å². The van der Waals surface area contributed by atoms with E-state index in [1.165, 1.54) is 11.3 Å². The molecule has 0 radical (unpaired) electrons. The van der Waals surface area contributed by atoms with E-state index in [9.17, 15) is 9.59 Å². The molecule has 1 aromatic heterocycles. The molecule has 0 fully saturated rings. The molecule has 0 bridgehead atoms. The van der Waals surface area contributed by atoms with Crippen LogP contribution in [0.5, 0.6) is 5.75 Å². The minimum absolute atomic E-state index is 0.0838. The number of nitrogens with zero attached hydrogens (tertiary/aromatic N) is 1. The van der Waals surface area contributed by atoms with Gasteiger partial charge in [0.05, 0.1) is 18.0 Å². The van der Waals surface area contributed by atoms with Crippen molar-refractivity contribution in [1.82, 2.24) is 4.90 Å². The maximum absolute atomic E-state index is 12.8. The van der Waals surface area contributed by atoms with Crippen molar-refractivity contribution in [3.63, 3.8) is 0 Å². The Labute approximate surface area is 168 Å². The highest BCUT2D eigenvalue weighted by atomic mass is 32.1. The van der Waals surface area contributed by atoms with E-state index in [4.69, 9.17) is 4.74 Å². The van der Waals surface area contributed by atoms with Crippen molar-refractivity contribution < 1.29 is 14.3 Å². The second-order valence-corrected chi connectivity index (χ2v) is 7.32. The SMILES string of the molecule is COc1ccc(C(C)N(C)C(=O)c2ccc(NC(=O)c3cccs3)cc2)cc1. The molecule has 2 amide bonds. The highest BCUT2D eigenvalue weighted by Gasteiger charge is 2.19. The molecule has 3 aromatic rings. The van der Waals surface area contributed by atoms with Crippen LogP contribution in [0.25, 0.3) is 0 Å². The van der Waals surface area contributed by atoms with Gasteiger partial charge in [-0.1, -0.05) is 18.2 Å². The Morgan fingerprint density at radius 2 is 1.71 bits per heavy atom. The van der Waals surface area contributed by atoms with Crippen molar-refractivity contribution in [3.05, 3.63) is 82.0 Å². The van der Waals surface area contributed by atoms with Crippen molar-refractivity contribution in [2.45, 2.75) is 13.0 Å². The molecule has 2 aromatic carbocycles. The van der Waals surface area contributed by atoms with Gasteiger partial charge in [-0.2, -0.15) is 0 Å². The van der Waals surface area contributed by atoms with Crippen LogP contribution in [-0.2, 0) is 0 Å². The van der Waals surface area contributed by atoms with Crippen LogP contribution in [0.3, 0.4) is 0 Å². The smallest absolute Gasteiger partial charge is 0.265 e. The molecule has 144 valence electrons. The number of benzene rings is 2. The summed E-state index contributed by atoms with van der Waals surface area (Å²) in [6.45, 7) is 1.98. The van der Waals surface area contributed by atoms with E-state index in [-0.39, 0.29) is 17.9 Å². The fourth-order valence-electron chi connectivity index (χ4n) is 2.78. The van der Waals surface area contributed by atoms with E-state index in [2.05, 4.69) is 5.32 Å². The van der Waals surface area contributed by atoms with Crippen LogP contribution in [0.2, 0.25) is 0 Å². The zero-order chi connectivity index (χ0) is 20.1. The van der Waals surface area contributed by atoms with E-state index in [0.717, 1.165) is 11.3 Å². The molecular formula is C22H22N2O3S. The Kier molecular flexibility index (Phi) is 6.11. The molecule has 5 nitrogen and oxygen atoms in total. The zero-order valence-corrected chi connectivity index (χ0v) is 16.8. The van der Waals surface area contributed by atoms with Crippen LogP contribution in [0.1, 0.15) is 38.6 Å². The lowest BCUT2D eigenvalue weighted by atomic mass is 10.1. The van der Waals surface area contributed by atoms with Gasteiger partial charge < -0.3 is 15.0 Å². The quantitative estimate of drug-likeness (QED) is 0.651. The Morgan fingerprint density at radius 3 is 2.29 bits per heavy atom. The molecule has 6 heteroatoms. The van der Waals surface area contributed by atoms with Crippen molar-refractivity contribution in [2.75, 3.05) is 19.5 Å². The number of hydrogen-bond acceptors (Lipinski definition) is 4. The summed E-state index contributed by atoms with van der Waals surface area (Å²) < 4.78 is 5.18. The van der Waals surface area contributed by atoms with Gasteiger partial charge in [0, 0.05) is 18.3 Å². The largest absolute Gasteiger partial charge is 0.497 e. The summed E-state index contributed by atoms with van der Waals surface area (Å²) in [5, 5.41) is 4.69. The average molecular weight is 394 g/mol. The first kappa shape index (κ1) is 19.6. The predicted octanol–water partition coefficient (Wildman–Crippen LogP) is 4.84. The molecule has 0 aliphatic heterocycles. The van der Waals surface area contributed by atoms with E-state index >= 15 is 0 Å². The second kappa shape index (κ2) is 8.71. The minimum Gasteiger partial charge on any atom is -0.497 e. The van der Waals surface area contributed by atoms with Gasteiger partial charge in [-0.25, -0.2) is 0 Å². The van der Waals surface area contributed by atoms with Crippen LogP contribution in [0.4, 0.5) is 5.69 Å². The number of hydrogen-bond donors (Lipinski definition) is 1. The molecular weight excluding hydrogens is 372 g/mol.